The summed E-state index contributed by atoms with van der Waals surface area (Å²) in [5.74, 6) is 0.147. The first-order valence-electron chi connectivity index (χ1n) is 7.93. The average Bonchev–Trinajstić information content (AvgIpc) is 3.28. The van der Waals surface area contributed by atoms with Crippen molar-refractivity contribution in [3.63, 3.8) is 0 Å². The van der Waals surface area contributed by atoms with E-state index in [9.17, 15) is 14.4 Å². The molecule has 0 spiro atoms. The molecule has 0 aliphatic heterocycles. The van der Waals surface area contributed by atoms with Gasteiger partial charge in [0.2, 0.25) is 0 Å². The Morgan fingerprint density at radius 3 is 2.59 bits per heavy atom. The second-order valence-corrected chi connectivity index (χ2v) is 7.87. The third kappa shape index (κ3) is 3.60. The zero-order valence-corrected chi connectivity index (χ0v) is 16.6. The lowest BCUT2D eigenvalue weighted by Crippen LogP contribution is -2.41. The molecule has 0 aliphatic carbocycles. The van der Waals surface area contributed by atoms with Gasteiger partial charge in [0.15, 0.2) is 10.9 Å². The number of nitrogens with two attached hydrogens (primary N) is 1. The lowest BCUT2D eigenvalue weighted by atomic mass is 10.2. The summed E-state index contributed by atoms with van der Waals surface area (Å²) in [4.78, 5) is 37.9. The van der Waals surface area contributed by atoms with Gasteiger partial charge in [0.05, 0.1) is 5.75 Å². The number of carbonyl (C=O) groups excluding carboxylic acids is 1. The molecule has 0 aromatic carbocycles. The van der Waals surface area contributed by atoms with Crippen LogP contribution in [-0.4, -0.2) is 35.4 Å². The SMILES string of the molecule is Cn1c(Cc2cccs2)nnc1SCC(=O)c1c(N)n(C)c(=O)n(C)c1=O. The summed E-state index contributed by atoms with van der Waals surface area (Å²) in [7, 11) is 4.56. The van der Waals surface area contributed by atoms with Crippen LogP contribution < -0.4 is 17.0 Å². The van der Waals surface area contributed by atoms with Crippen molar-refractivity contribution in [3.8, 4) is 0 Å². The minimum Gasteiger partial charge on any atom is -0.384 e. The number of Topliss-reactive ketones (excluding diaryl/α,β-unsaturated/α-hetero) is 1. The molecular weight excluding hydrogens is 388 g/mol. The Hall–Kier alpha value is -2.66. The highest BCUT2D eigenvalue weighted by Gasteiger charge is 2.21. The van der Waals surface area contributed by atoms with Crippen molar-refractivity contribution in [1.29, 1.82) is 0 Å². The number of hydrogen-bond donors (Lipinski definition) is 1. The van der Waals surface area contributed by atoms with E-state index in [4.69, 9.17) is 5.73 Å². The van der Waals surface area contributed by atoms with Gasteiger partial charge in [0, 0.05) is 32.4 Å². The van der Waals surface area contributed by atoms with E-state index in [1.54, 1.807) is 11.3 Å². The molecule has 9 nitrogen and oxygen atoms in total. The van der Waals surface area contributed by atoms with Gasteiger partial charge in [0.1, 0.15) is 17.2 Å². The number of nitrogen functional groups attached to an aromatic ring is 1. The van der Waals surface area contributed by atoms with Crippen molar-refractivity contribution in [2.75, 3.05) is 11.5 Å². The standard InChI is InChI=1S/C16H18N6O3S2/c1-20-11(7-9-5-4-6-26-9)18-19-15(20)27-8-10(23)12-13(17)21(2)16(25)22(3)14(12)24/h4-6H,7-8,17H2,1-3H3. The predicted molar refractivity (Wildman–Crippen MR) is 105 cm³/mol. The largest absolute Gasteiger partial charge is 0.384 e. The first kappa shape index (κ1) is 19.1. The minimum atomic E-state index is -0.697. The highest BCUT2D eigenvalue weighted by Crippen LogP contribution is 2.20. The molecule has 0 saturated heterocycles. The van der Waals surface area contributed by atoms with E-state index >= 15 is 0 Å². The van der Waals surface area contributed by atoms with Crippen LogP contribution >= 0.6 is 23.1 Å². The number of nitrogens with zero attached hydrogens (tertiary/aromatic N) is 5. The Bertz CT molecular complexity index is 1110. The average molecular weight is 406 g/mol. The molecule has 0 bridgehead atoms. The van der Waals surface area contributed by atoms with Gasteiger partial charge in [-0.25, -0.2) is 4.79 Å². The van der Waals surface area contributed by atoms with Crippen molar-refractivity contribution < 1.29 is 4.79 Å². The van der Waals surface area contributed by atoms with Gasteiger partial charge in [-0.15, -0.1) is 21.5 Å². The molecule has 0 unspecified atom stereocenters. The summed E-state index contributed by atoms with van der Waals surface area (Å²) in [5.41, 5.74) is 4.36. The van der Waals surface area contributed by atoms with E-state index in [1.807, 2.05) is 29.1 Å². The summed E-state index contributed by atoms with van der Waals surface area (Å²) in [5, 5.41) is 10.8. The zero-order chi connectivity index (χ0) is 19.7. The van der Waals surface area contributed by atoms with Crippen molar-refractivity contribution >= 4 is 34.7 Å². The van der Waals surface area contributed by atoms with Crippen molar-refractivity contribution in [2.24, 2.45) is 21.1 Å². The quantitative estimate of drug-likeness (QED) is 0.466. The van der Waals surface area contributed by atoms with Crippen LogP contribution in [0.5, 0.6) is 0 Å². The van der Waals surface area contributed by atoms with Crippen LogP contribution in [0.1, 0.15) is 21.1 Å². The van der Waals surface area contributed by atoms with Crippen LogP contribution in [0, 0.1) is 0 Å². The molecule has 142 valence electrons. The molecule has 3 aromatic rings. The Morgan fingerprint density at radius 1 is 1.19 bits per heavy atom. The van der Waals surface area contributed by atoms with Crippen LogP contribution in [-0.2, 0) is 27.6 Å². The molecular formula is C16H18N6O3S2. The van der Waals surface area contributed by atoms with E-state index in [2.05, 4.69) is 10.2 Å². The number of thioether (sulfide) groups is 1. The maximum absolute atomic E-state index is 12.6. The Morgan fingerprint density at radius 2 is 1.93 bits per heavy atom. The fraction of sp³-hybridized carbons (Fsp3) is 0.312. The fourth-order valence-corrected chi connectivity index (χ4v) is 4.02. The third-order valence-corrected chi connectivity index (χ3v) is 6.06. The van der Waals surface area contributed by atoms with E-state index < -0.39 is 17.0 Å². The molecule has 0 fully saturated rings. The first-order chi connectivity index (χ1) is 12.8. The molecule has 27 heavy (non-hydrogen) atoms. The maximum Gasteiger partial charge on any atom is 0.332 e. The van der Waals surface area contributed by atoms with Gasteiger partial charge < -0.3 is 10.3 Å². The van der Waals surface area contributed by atoms with Gasteiger partial charge in [-0.2, -0.15) is 0 Å². The van der Waals surface area contributed by atoms with Gasteiger partial charge in [-0.1, -0.05) is 17.8 Å². The van der Waals surface area contributed by atoms with Crippen LogP contribution in [0.4, 0.5) is 5.82 Å². The molecule has 3 heterocycles. The molecule has 0 aliphatic rings. The summed E-state index contributed by atoms with van der Waals surface area (Å²) >= 11 is 2.81. The van der Waals surface area contributed by atoms with E-state index in [0.717, 1.165) is 15.0 Å². The highest BCUT2D eigenvalue weighted by atomic mass is 32.2. The predicted octanol–water partition coefficient (Wildman–Crippen LogP) is 0.422. The van der Waals surface area contributed by atoms with Crippen molar-refractivity contribution in [3.05, 3.63) is 54.6 Å². The molecule has 0 saturated carbocycles. The zero-order valence-electron chi connectivity index (χ0n) is 15.0. The molecule has 11 heteroatoms. The molecule has 0 atom stereocenters. The number of rotatable bonds is 6. The number of carbonyl (C=O) groups is 1. The minimum absolute atomic E-state index is 0.0391. The van der Waals surface area contributed by atoms with Gasteiger partial charge in [-0.05, 0) is 11.4 Å². The second kappa shape index (κ2) is 7.53. The first-order valence-corrected chi connectivity index (χ1v) is 9.80. The van der Waals surface area contributed by atoms with E-state index in [0.29, 0.717) is 11.6 Å². The van der Waals surface area contributed by atoms with Crippen molar-refractivity contribution in [2.45, 2.75) is 11.6 Å². The van der Waals surface area contributed by atoms with Crippen molar-refractivity contribution in [1.82, 2.24) is 23.9 Å². The lowest BCUT2D eigenvalue weighted by molar-refractivity contribution is 0.102. The molecule has 2 N–H and O–H groups in total. The number of ketones is 1. The normalized spacial score (nSPS) is 11.1. The Labute approximate surface area is 162 Å². The topological polar surface area (TPSA) is 118 Å². The summed E-state index contributed by atoms with van der Waals surface area (Å²) < 4.78 is 3.77. The van der Waals surface area contributed by atoms with Crippen LogP contribution in [0.3, 0.4) is 0 Å². The lowest BCUT2D eigenvalue weighted by Gasteiger charge is -2.10. The number of thiophene rings is 1. The van der Waals surface area contributed by atoms with E-state index in [-0.39, 0.29) is 17.1 Å². The third-order valence-electron chi connectivity index (χ3n) is 4.16. The Balaban J connectivity index is 1.78. The summed E-state index contributed by atoms with van der Waals surface area (Å²) in [6.45, 7) is 0. The van der Waals surface area contributed by atoms with Gasteiger partial charge in [0.25, 0.3) is 5.56 Å². The molecule has 3 rings (SSSR count). The number of anilines is 1. The molecule has 3 aromatic heterocycles. The number of aromatic nitrogens is 5. The summed E-state index contributed by atoms with van der Waals surface area (Å²) in [6, 6.07) is 4.00. The van der Waals surface area contributed by atoms with Crippen LogP contribution in [0.25, 0.3) is 0 Å². The van der Waals surface area contributed by atoms with Crippen LogP contribution in [0.2, 0.25) is 0 Å². The monoisotopic (exact) mass is 406 g/mol. The van der Waals surface area contributed by atoms with E-state index in [1.165, 1.54) is 30.7 Å². The number of hydrogen-bond acceptors (Lipinski definition) is 8. The second-order valence-electron chi connectivity index (χ2n) is 5.89. The maximum atomic E-state index is 12.6. The summed E-state index contributed by atoms with van der Waals surface area (Å²) in [6.07, 6.45) is 0.657. The smallest absolute Gasteiger partial charge is 0.332 e. The molecule has 0 radical (unpaired) electrons. The Kier molecular flexibility index (Phi) is 5.33. The van der Waals surface area contributed by atoms with Gasteiger partial charge in [-0.3, -0.25) is 18.7 Å². The van der Waals surface area contributed by atoms with Crippen LogP contribution in [0.15, 0.2) is 32.3 Å². The highest BCUT2D eigenvalue weighted by molar-refractivity contribution is 7.99. The van der Waals surface area contributed by atoms with Gasteiger partial charge >= 0.3 is 5.69 Å². The molecule has 0 amide bonds. The fourth-order valence-electron chi connectivity index (χ4n) is 2.52.